The third-order valence-electron chi connectivity index (χ3n) is 22.8. The largest absolute Gasteiger partial charge is 0.507 e. The summed E-state index contributed by atoms with van der Waals surface area (Å²) in [4.78, 5) is 80.3. The van der Waals surface area contributed by atoms with Gasteiger partial charge in [0.2, 0.25) is 0 Å². The maximum Gasteiger partial charge on any atom is 0.338 e. The summed E-state index contributed by atoms with van der Waals surface area (Å²) in [6.45, 7) is 24.7. The first-order chi connectivity index (χ1) is 61.9. The molecule has 3 atom stereocenters. The van der Waals surface area contributed by atoms with Gasteiger partial charge in [-0.25, -0.2) is 59.2 Å². The number of aryl methyl sites for hydroxylation is 3. The predicted octanol–water partition coefficient (Wildman–Crippen LogP) is 26.1. The Morgan fingerprint density at radius 1 is 0.266 bits per heavy atom. The normalized spacial score (nSPS) is 11.9. The van der Waals surface area contributed by atoms with Crippen molar-refractivity contribution in [1.82, 2.24) is 44.9 Å². The second-order valence-electron chi connectivity index (χ2n) is 34.3. The Bertz CT molecular complexity index is 5550. The molecule has 21 heteroatoms. The lowest BCUT2D eigenvalue weighted by Gasteiger charge is -2.18. The highest BCUT2D eigenvalue weighted by molar-refractivity contribution is 5.91. The Kier molecular flexibility index (Phi) is 38.0. The maximum absolute atomic E-state index is 13.1. The zero-order chi connectivity index (χ0) is 91.4. The van der Waals surface area contributed by atoms with Gasteiger partial charge in [-0.2, -0.15) is 0 Å². The topological polar surface area (TPSA) is 316 Å². The summed E-state index contributed by atoms with van der Waals surface area (Å²) >= 11 is 0. The van der Waals surface area contributed by atoms with E-state index in [0.29, 0.717) is 134 Å². The summed E-state index contributed by atoms with van der Waals surface area (Å²) in [6.07, 6.45) is 25.8. The lowest BCUT2D eigenvalue weighted by atomic mass is 9.93. The van der Waals surface area contributed by atoms with E-state index in [1.165, 1.54) is 77.0 Å². The molecule has 0 bridgehead atoms. The van der Waals surface area contributed by atoms with Gasteiger partial charge in [0.05, 0.1) is 69.9 Å². The van der Waals surface area contributed by atoms with Crippen molar-refractivity contribution in [2.45, 2.75) is 217 Å². The number of ether oxygens (including phenoxy) is 3. The zero-order valence-electron chi connectivity index (χ0n) is 76.3. The van der Waals surface area contributed by atoms with E-state index in [9.17, 15) is 45.0 Å². The van der Waals surface area contributed by atoms with Crippen LogP contribution in [0.25, 0.3) is 102 Å². The van der Waals surface area contributed by atoms with Crippen LogP contribution >= 0.6 is 0 Å². The fraction of sp³-hybridized carbons (Fsp3) is 0.383. The molecule has 0 fully saturated rings. The van der Waals surface area contributed by atoms with Crippen molar-refractivity contribution in [1.29, 1.82) is 0 Å². The van der Waals surface area contributed by atoms with E-state index in [1.54, 1.807) is 182 Å². The number of benzene rings is 9. The van der Waals surface area contributed by atoms with E-state index in [2.05, 4.69) is 100 Å². The molecule has 3 aromatic heterocycles. The number of carbonyl (C=O) groups is 3. The fourth-order valence-corrected chi connectivity index (χ4v) is 15.0. The molecular formula is C107H127N9O12. The van der Waals surface area contributed by atoms with Crippen LogP contribution in [0.3, 0.4) is 0 Å². The van der Waals surface area contributed by atoms with E-state index >= 15 is 0 Å². The Labute approximate surface area is 755 Å². The van der Waals surface area contributed by atoms with Gasteiger partial charge >= 0.3 is 17.9 Å². The first-order valence-corrected chi connectivity index (χ1v) is 45.7. The number of para-hydroxylation sites is 3. The molecule has 0 amide bonds. The molecule has 0 spiro atoms. The number of hydrogen-bond donors (Lipinski definition) is 6. The van der Waals surface area contributed by atoms with Crippen molar-refractivity contribution in [3.05, 3.63) is 234 Å². The number of aromatic nitrogens is 9. The number of phenols is 6. The highest BCUT2D eigenvalue weighted by atomic mass is 16.5. The third kappa shape index (κ3) is 29.4. The number of carbonyl (C=O) groups excluding carboxylic acids is 3. The van der Waals surface area contributed by atoms with Crippen LogP contribution in [0.15, 0.2) is 200 Å². The number of rotatable bonds is 42. The number of nitrogens with zero attached hydrogens (tertiary/aromatic N) is 9. The van der Waals surface area contributed by atoms with Crippen molar-refractivity contribution < 1.29 is 59.2 Å². The smallest absolute Gasteiger partial charge is 0.338 e. The minimum atomic E-state index is -0.359. The third-order valence-corrected chi connectivity index (χ3v) is 22.8. The second kappa shape index (κ2) is 49.9. The summed E-state index contributed by atoms with van der Waals surface area (Å²) in [5.41, 5.74) is 8.77. The van der Waals surface area contributed by atoms with Crippen molar-refractivity contribution in [2.75, 3.05) is 19.8 Å². The minimum absolute atomic E-state index is 0.0335. The zero-order valence-corrected chi connectivity index (χ0v) is 76.3. The Morgan fingerprint density at radius 3 is 0.828 bits per heavy atom. The highest BCUT2D eigenvalue weighted by Gasteiger charge is 2.24. The summed E-state index contributed by atoms with van der Waals surface area (Å²) in [5, 5.41) is 63.4. The van der Waals surface area contributed by atoms with Gasteiger partial charge < -0.3 is 44.8 Å². The summed E-state index contributed by atoms with van der Waals surface area (Å²) in [6, 6.07) is 57.2. The maximum atomic E-state index is 13.1. The molecule has 6 N–H and O–H groups in total. The average molecular weight is 1730 g/mol. The van der Waals surface area contributed by atoms with Gasteiger partial charge in [0.25, 0.3) is 0 Å². The number of unbranched alkanes of at least 4 members (excludes halogenated alkanes) is 10. The fourth-order valence-electron chi connectivity index (χ4n) is 15.0. The van der Waals surface area contributed by atoms with E-state index in [0.717, 1.165) is 80.9 Å². The summed E-state index contributed by atoms with van der Waals surface area (Å²) in [7, 11) is 0. The van der Waals surface area contributed by atoms with E-state index in [1.807, 2.05) is 39.0 Å². The molecule has 21 nitrogen and oxygen atoms in total. The molecule has 12 rings (SSSR count). The van der Waals surface area contributed by atoms with Gasteiger partial charge in [0, 0.05) is 16.7 Å². The summed E-state index contributed by atoms with van der Waals surface area (Å²) < 4.78 is 17.2. The monoisotopic (exact) mass is 1730 g/mol. The lowest BCUT2D eigenvalue weighted by Crippen LogP contribution is -2.15. The first-order valence-electron chi connectivity index (χ1n) is 45.7. The van der Waals surface area contributed by atoms with Crippen LogP contribution in [-0.2, 0) is 14.2 Å². The van der Waals surface area contributed by atoms with Crippen molar-refractivity contribution in [3.63, 3.8) is 0 Å². The van der Waals surface area contributed by atoms with Gasteiger partial charge in [-0.1, -0.05) is 256 Å². The van der Waals surface area contributed by atoms with E-state index in [-0.39, 0.29) is 87.4 Å². The van der Waals surface area contributed by atoms with E-state index in [4.69, 9.17) is 14.2 Å². The van der Waals surface area contributed by atoms with E-state index < -0.39 is 0 Å². The van der Waals surface area contributed by atoms with Crippen molar-refractivity contribution in [3.8, 4) is 137 Å². The summed E-state index contributed by atoms with van der Waals surface area (Å²) in [5.74, 6) is 4.37. The van der Waals surface area contributed by atoms with Crippen LogP contribution in [-0.4, -0.2) is 113 Å². The molecule has 3 heterocycles. The van der Waals surface area contributed by atoms with Gasteiger partial charge in [-0.05, 0) is 208 Å². The van der Waals surface area contributed by atoms with Crippen LogP contribution in [0.1, 0.15) is 244 Å². The molecule has 0 saturated carbocycles. The molecule has 0 aliphatic heterocycles. The minimum Gasteiger partial charge on any atom is -0.507 e. The standard InChI is InChI=1S/C39H49N3O4.C37H45N3O4.C31H33N3O4/c1-4-6-8-10-11-13-17-29(16-12-9-7-5-2)27-46-39(45)31-23-21-30(22-24-31)36-40-37(32-18-14-15-19-34(32)43)42-38(41-36)33-25-20-28(3)26-35(33)44;1-24(2)10-6-7-11-27(16-14-25(3)4)23-44-37(43)29-19-17-28(18-20-29)34-38-35(30-12-8-9-13-32(30)41)40-36(39-34)31-21-15-26(5)22-33(31)42;1-4-6-9-21(5-2)19-38-31(37)23-15-13-22(14-16-23)28-32-29(24-10-7-8-11-26(24)35)34-30(33-28)25-17-12-20(3)18-27(25)36/h14-15,18-26,29,43-44H,4-13,16-17,27H2,1-3H3;8-9,12-13,15,17-22,24-25,27,41-42H,6-7,10-11,14,16,23H2,1-5H3;7-8,10-18,21,35-36H,4-6,9,19H2,1-3H3. The van der Waals surface area contributed by atoms with Gasteiger partial charge in [0.1, 0.15) is 34.5 Å². The SMILES string of the molecule is CCCCC(CC)COC(=O)c1ccc(-c2nc(-c3ccccc3O)nc(-c3ccc(C)cc3O)n2)cc1.CCCCCCCCC(CCCCCC)COC(=O)c1ccc(-c2nc(-c3ccccc3O)nc(-c3ccc(C)cc3O)n2)cc1.Cc1ccc(-c2nc(-c3ccc(C(=O)OCC(CCCCC(C)C)CCC(C)C)cc3)nc(-c3ccccc3O)n2)c(O)c1. The predicted molar refractivity (Wildman–Crippen MR) is 508 cm³/mol. The van der Waals surface area contributed by atoms with Crippen molar-refractivity contribution >= 4 is 17.9 Å². The molecule has 672 valence electrons. The van der Waals surface area contributed by atoms with Gasteiger partial charge in [-0.3, -0.25) is 0 Å². The molecule has 0 aliphatic carbocycles. The molecule has 9 aromatic carbocycles. The molecule has 0 saturated heterocycles. The van der Waals surface area contributed by atoms with Crippen LogP contribution in [0.4, 0.5) is 0 Å². The van der Waals surface area contributed by atoms with Gasteiger partial charge in [-0.15, -0.1) is 0 Å². The molecular weight excluding hydrogens is 1600 g/mol. The molecule has 0 radical (unpaired) electrons. The van der Waals surface area contributed by atoms with Crippen LogP contribution < -0.4 is 0 Å². The van der Waals surface area contributed by atoms with Crippen LogP contribution in [0.2, 0.25) is 0 Å². The van der Waals surface area contributed by atoms with Crippen LogP contribution in [0.5, 0.6) is 34.5 Å². The number of esters is 3. The molecule has 128 heavy (non-hydrogen) atoms. The second-order valence-corrected chi connectivity index (χ2v) is 34.3. The van der Waals surface area contributed by atoms with Crippen molar-refractivity contribution in [2.24, 2.45) is 29.6 Å². The number of aromatic hydroxyl groups is 6. The number of phenolic OH excluding ortho intramolecular Hbond substituents is 6. The quantitative estimate of drug-likeness (QED) is 0.0118. The first kappa shape index (κ1) is 97.4. The Balaban J connectivity index is 0.000000201. The highest BCUT2D eigenvalue weighted by Crippen LogP contribution is 2.39. The molecule has 12 aromatic rings. The Hall–Kier alpha value is -12.8. The van der Waals surface area contributed by atoms with Crippen LogP contribution in [0, 0.1) is 50.4 Å². The molecule has 3 unspecified atom stereocenters. The number of hydrogen-bond acceptors (Lipinski definition) is 21. The van der Waals surface area contributed by atoms with Gasteiger partial charge in [0.15, 0.2) is 52.4 Å². The molecule has 0 aliphatic rings. The Morgan fingerprint density at radius 2 is 0.523 bits per heavy atom. The average Bonchev–Trinajstić information content (AvgIpc) is 0.796. The lowest BCUT2D eigenvalue weighted by molar-refractivity contribution is 0.0412.